The number of rotatable bonds is 2. The van der Waals surface area contributed by atoms with Gasteiger partial charge in [-0.15, -0.1) is 0 Å². The van der Waals surface area contributed by atoms with Gasteiger partial charge in [0.1, 0.15) is 5.82 Å². The van der Waals surface area contributed by atoms with E-state index in [-0.39, 0.29) is 11.9 Å². The van der Waals surface area contributed by atoms with E-state index in [1.165, 1.54) is 0 Å². The first kappa shape index (κ1) is 11.2. The Morgan fingerprint density at radius 1 is 1.56 bits per heavy atom. The van der Waals surface area contributed by atoms with E-state index in [9.17, 15) is 4.79 Å². The van der Waals surface area contributed by atoms with Crippen molar-refractivity contribution in [1.29, 1.82) is 0 Å². The van der Waals surface area contributed by atoms with Gasteiger partial charge in [0.25, 0.3) is 0 Å². The number of nitrogens with one attached hydrogen (secondary N) is 3. The van der Waals surface area contributed by atoms with Crippen LogP contribution < -0.4 is 10.6 Å². The zero-order valence-corrected chi connectivity index (χ0v) is 10.4. The highest BCUT2D eigenvalue weighted by Gasteiger charge is 2.24. The summed E-state index contributed by atoms with van der Waals surface area (Å²) >= 11 is 0. The number of fused-ring (bicyclic) bond motifs is 1. The van der Waals surface area contributed by atoms with E-state index >= 15 is 0 Å². The molecule has 3 N–H and O–H groups in total. The first-order chi connectivity index (χ1) is 8.66. The molecule has 1 unspecified atom stereocenters. The van der Waals surface area contributed by atoms with Gasteiger partial charge in [0.2, 0.25) is 5.91 Å². The van der Waals surface area contributed by atoms with E-state index in [4.69, 9.17) is 0 Å². The van der Waals surface area contributed by atoms with Crippen molar-refractivity contribution in [3.05, 3.63) is 5.69 Å². The average molecular weight is 248 g/mol. The fraction of sp³-hybridized carbons (Fsp3) is 0.545. The van der Waals surface area contributed by atoms with Crippen molar-refractivity contribution < 1.29 is 4.79 Å². The average Bonchev–Trinajstić information content (AvgIpc) is 3.01. The normalized spacial score (nSPS) is 19.6. The van der Waals surface area contributed by atoms with Crippen LogP contribution in [0.5, 0.6) is 0 Å². The number of amides is 1. The van der Waals surface area contributed by atoms with Crippen LogP contribution in [0.3, 0.4) is 0 Å². The summed E-state index contributed by atoms with van der Waals surface area (Å²) < 4.78 is 1.70. The maximum atomic E-state index is 12.0. The first-order valence-electron chi connectivity index (χ1n) is 6.08. The largest absolute Gasteiger partial charge is 0.309 e. The molecule has 1 fully saturated rings. The fourth-order valence-electron chi connectivity index (χ4n) is 2.44. The van der Waals surface area contributed by atoms with Crippen LogP contribution in [0.25, 0.3) is 11.0 Å². The highest BCUT2D eigenvalue weighted by molar-refractivity contribution is 6.01. The minimum atomic E-state index is -0.0969. The van der Waals surface area contributed by atoms with E-state index in [0.717, 1.165) is 36.1 Å². The first-order valence-corrected chi connectivity index (χ1v) is 6.08. The third-order valence-corrected chi connectivity index (χ3v) is 3.34. The topological polar surface area (TPSA) is 87.6 Å². The number of aryl methyl sites for hydroxylation is 2. The molecule has 2 aromatic heterocycles. The Balaban J connectivity index is 1.88. The number of carbonyl (C=O) groups excluding carboxylic acids is 1. The number of hydrogen-bond acceptors (Lipinski definition) is 4. The third kappa shape index (κ3) is 1.67. The van der Waals surface area contributed by atoms with Crippen LogP contribution in [0.1, 0.15) is 18.5 Å². The molecule has 7 heteroatoms. The Morgan fingerprint density at radius 3 is 3.11 bits per heavy atom. The molecular formula is C11H16N6O. The molecule has 0 aliphatic carbocycles. The van der Waals surface area contributed by atoms with Crippen LogP contribution in [0.4, 0.5) is 5.82 Å². The maximum Gasteiger partial charge on any atom is 0.242 e. The van der Waals surface area contributed by atoms with Crippen molar-refractivity contribution in [3.63, 3.8) is 0 Å². The molecule has 0 radical (unpaired) electrons. The lowest BCUT2D eigenvalue weighted by Gasteiger charge is -2.09. The zero-order valence-electron chi connectivity index (χ0n) is 10.4. The second-order valence-corrected chi connectivity index (χ2v) is 4.64. The van der Waals surface area contributed by atoms with Gasteiger partial charge < -0.3 is 10.6 Å². The number of nitrogens with zero attached hydrogens (tertiary/aromatic N) is 3. The van der Waals surface area contributed by atoms with Crippen LogP contribution in [0.2, 0.25) is 0 Å². The van der Waals surface area contributed by atoms with Crippen molar-refractivity contribution in [2.75, 3.05) is 11.9 Å². The van der Waals surface area contributed by atoms with Crippen molar-refractivity contribution >= 4 is 22.8 Å². The summed E-state index contributed by atoms with van der Waals surface area (Å²) in [5.74, 6) is 0.621. The number of aromatic nitrogens is 4. The Kier molecular flexibility index (Phi) is 2.55. The van der Waals surface area contributed by atoms with Crippen LogP contribution in [0.15, 0.2) is 0 Å². The number of hydrogen-bond donors (Lipinski definition) is 3. The van der Waals surface area contributed by atoms with E-state index in [1.807, 2.05) is 14.0 Å². The molecule has 0 spiro atoms. The van der Waals surface area contributed by atoms with E-state index in [2.05, 4.69) is 25.9 Å². The highest BCUT2D eigenvalue weighted by Crippen LogP contribution is 2.23. The van der Waals surface area contributed by atoms with Gasteiger partial charge in [0, 0.05) is 7.05 Å². The maximum absolute atomic E-state index is 12.0. The monoisotopic (exact) mass is 248 g/mol. The molecule has 96 valence electrons. The summed E-state index contributed by atoms with van der Waals surface area (Å²) in [4.78, 5) is 12.0. The van der Waals surface area contributed by atoms with Crippen molar-refractivity contribution in [3.8, 4) is 0 Å². The molecule has 3 heterocycles. The molecule has 7 nitrogen and oxygen atoms in total. The Hall–Kier alpha value is -1.89. The lowest BCUT2D eigenvalue weighted by molar-refractivity contribution is -0.117. The third-order valence-electron chi connectivity index (χ3n) is 3.34. The number of anilines is 1. The lowest BCUT2D eigenvalue weighted by atomic mass is 10.2. The van der Waals surface area contributed by atoms with Gasteiger partial charge in [-0.25, -0.2) is 4.68 Å². The molecule has 1 atom stereocenters. The summed E-state index contributed by atoms with van der Waals surface area (Å²) in [5.41, 5.74) is 1.61. The molecular weight excluding hydrogens is 232 g/mol. The molecule has 0 saturated carbocycles. The van der Waals surface area contributed by atoms with Gasteiger partial charge in [-0.1, -0.05) is 0 Å². The number of carbonyl (C=O) groups is 1. The standard InChI is InChI=1S/C11H16N6O/c1-6-8-9(14-15-10(8)17(2)16-6)13-11(18)7-4-3-5-12-7/h7,12H,3-5H2,1-2H3,(H2,13,14,15,18). The van der Waals surface area contributed by atoms with Crippen molar-refractivity contribution in [2.45, 2.75) is 25.8 Å². The molecule has 1 amide bonds. The minimum absolute atomic E-state index is 0.0127. The molecule has 0 bridgehead atoms. The summed E-state index contributed by atoms with van der Waals surface area (Å²) in [5, 5.41) is 18.2. The number of aromatic amines is 1. The van der Waals surface area contributed by atoms with Gasteiger partial charge in [-0.05, 0) is 26.3 Å². The van der Waals surface area contributed by atoms with Gasteiger partial charge >= 0.3 is 0 Å². The van der Waals surface area contributed by atoms with Crippen LogP contribution in [-0.4, -0.2) is 38.5 Å². The second kappa shape index (κ2) is 4.09. The minimum Gasteiger partial charge on any atom is -0.309 e. The predicted octanol–water partition coefficient (Wildman–Crippen LogP) is 0.295. The fourth-order valence-corrected chi connectivity index (χ4v) is 2.44. The molecule has 3 rings (SSSR count). The Labute approximate surface area is 104 Å². The molecule has 1 aliphatic rings. The van der Waals surface area contributed by atoms with Crippen LogP contribution in [-0.2, 0) is 11.8 Å². The molecule has 1 saturated heterocycles. The van der Waals surface area contributed by atoms with Gasteiger partial charge in [-0.3, -0.25) is 9.89 Å². The van der Waals surface area contributed by atoms with E-state index in [1.54, 1.807) is 4.68 Å². The molecule has 18 heavy (non-hydrogen) atoms. The second-order valence-electron chi connectivity index (χ2n) is 4.64. The smallest absolute Gasteiger partial charge is 0.242 e. The predicted molar refractivity (Wildman–Crippen MR) is 67.3 cm³/mol. The zero-order chi connectivity index (χ0) is 12.7. The Bertz CT molecular complexity index is 592. The quantitative estimate of drug-likeness (QED) is 0.713. The Morgan fingerprint density at radius 2 is 2.39 bits per heavy atom. The van der Waals surface area contributed by atoms with Crippen molar-refractivity contribution in [2.24, 2.45) is 7.05 Å². The van der Waals surface area contributed by atoms with Crippen LogP contribution >= 0.6 is 0 Å². The molecule has 1 aliphatic heterocycles. The van der Waals surface area contributed by atoms with Crippen molar-refractivity contribution in [1.82, 2.24) is 25.3 Å². The van der Waals surface area contributed by atoms with E-state index < -0.39 is 0 Å². The summed E-state index contributed by atoms with van der Waals surface area (Å²) in [6.07, 6.45) is 1.93. The summed E-state index contributed by atoms with van der Waals surface area (Å²) in [7, 11) is 1.83. The van der Waals surface area contributed by atoms with E-state index in [0.29, 0.717) is 5.82 Å². The van der Waals surface area contributed by atoms with Gasteiger partial charge in [0.05, 0.1) is 17.1 Å². The molecule has 2 aromatic rings. The van der Waals surface area contributed by atoms with Gasteiger partial charge in [-0.2, -0.15) is 10.2 Å². The molecule has 0 aromatic carbocycles. The summed E-state index contributed by atoms with van der Waals surface area (Å²) in [6, 6.07) is -0.0969. The highest BCUT2D eigenvalue weighted by atomic mass is 16.2. The summed E-state index contributed by atoms with van der Waals surface area (Å²) in [6.45, 7) is 2.81. The number of H-pyrrole nitrogens is 1. The van der Waals surface area contributed by atoms with Gasteiger partial charge in [0.15, 0.2) is 5.65 Å². The SMILES string of the molecule is Cc1nn(C)c2n[nH]c(NC(=O)C3CCCN3)c12. The van der Waals surface area contributed by atoms with Crippen LogP contribution in [0, 0.1) is 6.92 Å². The lowest BCUT2D eigenvalue weighted by Crippen LogP contribution is -2.35.